The number of nitrogens with one attached hydrogen (secondary N) is 1. The third-order valence-electron chi connectivity index (χ3n) is 14.8. The molecule has 2 unspecified atom stereocenters. The molecule has 0 heterocycles. The zero-order valence-corrected chi connectivity index (χ0v) is 49.3. The van der Waals surface area contributed by atoms with Crippen LogP contribution in [0.1, 0.15) is 335 Å². The number of aliphatic hydroxyl groups excluding tert-OH is 2. The Balaban J connectivity index is 3.41. The van der Waals surface area contributed by atoms with Crippen molar-refractivity contribution >= 4 is 11.9 Å². The van der Waals surface area contributed by atoms with E-state index in [-0.39, 0.29) is 18.5 Å². The molecule has 0 rings (SSSR count). The molecule has 0 spiro atoms. The minimum atomic E-state index is -0.846. The topological polar surface area (TPSA) is 95.9 Å². The zero-order valence-electron chi connectivity index (χ0n) is 49.3. The lowest BCUT2D eigenvalue weighted by molar-refractivity contribution is -0.143. The standard InChI is InChI=1S/C68H125NO5/c1-3-5-7-9-11-13-15-16-17-18-28-32-35-38-42-46-50-54-58-62-68(73)74-63-59-55-51-47-43-39-36-33-30-27-25-23-21-19-20-22-24-26-29-31-34-37-41-45-49-53-57-61-67(72)69-65(64-70)66(71)60-56-52-48-44-40-14-12-10-8-6-4-2/h11,13,16-17,19-20,23,25,56,60,65-66,70-71H,3-10,12,14-15,18,21-22,24,26-55,57-59,61-64H2,1-2H3,(H,69,72)/b13-11-,17-16-,20-19-,25-23-,60-56+. The molecule has 0 aliphatic rings. The van der Waals surface area contributed by atoms with Crippen LogP contribution in [0.4, 0.5) is 0 Å². The highest BCUT2D eigenvalue weighted by molar-refractivity contribution is 5.76. The predicted octanol–water partition coefficient (Wildman–Crippen LogP) is 20.7. The molecule has 0 aromatic carbocycles. The summed E-state index contributed by atoms with van der Waals surface area (Å²) in [4.78, 5) is 24.5. The third-order valence-corrected chi connectivity index (χ3v) is 14.8. The number of aliphatic hydroxyl groups is 2. The van der Waals surface area contributed by atoms with Crippen LogP contribution >= 0.6 is 0 Å². The van der Waals surface area contributed by atoms with Crippen LogP contribution in [0.2, 0.25) is 0 Å². The SMILES string of the molecule is CCCCC/C=C\C/C=C\CCCCCCCCCCCC(=O)OCCCCCCCCCCC/C=C\C/C=C\CCCCCCCCCCCCCC(=O)NC(CO)C(O)/C=C/CCCCCCCCCCC. The maximum absolute atomic E-state index is 12.4. The van der Waals surface area contributed by atoms with Gasteiger partial charge in [0.05, 0.1) is 25.4 Å². The zero-order chi connectivity index (χ0) is 53.6. The molecule has 432 valence electrons. The second-order valence-corrected chi connectivity index (χ2v) is 22.1. The van der Waals surface area contributed by atoms with Gasteiger partial charge in [-0.15, -0.1) is 0 Å². The Labute approximate surface area is 460 Å². The van der Waals surface area contributed by atoms with Gasteiger partial charge in [0.1, 0.15) is 0 Å². The van der Waals surface area contributed by atoms with Gasteiger partial charge in [-0.1, -0.05) is 286 Å². The average Bonchev–Trinajstić information content (AvgIpc) is 3.40. The van der Waals surface area contributed by atoms with Crippen molar-refractivity contribution in [1.82, 2.24) is 5.32 Å². The molecule has 0 bridgehead atoms. The smallest absolute Gasteiger partial charge is 0.305 e. The van der Waals surface area contributed by atoms with Crippen molar-refractivity contribution in [3.05, 3.63) is 60.8 Å². The number of ether oxygens (including phenoxy) is 1. The lowest BCUT2D eigenvalue weighted by Crippen LogP contribution is -2.45. The maximum atomic E-state index is 12.4. The van der Waals surface area contributed by atoms with E-state index in [0.29, 0.717) is 19.4 Å². The van der Waals surface area contributed by atoms with E-state index in [9.17, 15) is 19.8 Å². The van der Waals surface area contributed by atoms with Gasteiger partial charge in [-0.05, 0) is 96.3 Å². The van der Waals surface area contributed by atoms with E-state index in [1.807, 2.05) is 6.08 Å². The summed E-state index contributed by atoms with van der Waals surface area (Å²) in [5, 5.41) is 23.0. The van der Waals surface area contributed by atoms with Crippen molar-refractivity contribution in [1.29, 1.82) is 0 Å². The number of hydrogen-bond donors (Lipinski definition) is 3. The van der Waals surface area contributed by atoms with Gasteiger partial charge in [0.2, 0.25) is 5.91 Å². The fourth-order valence-electron chi connectivity index (χ4n) is 9.75. The Morgan fingerprint density at radius 3 is 1.05 bits per heavy atom. The van der Waals surface area contributed by atoms with Gasteiger partial charge in [-0.25, -0.2) is 0 Å². The number of carbonyl (C=O) groups is 2. The first-order valence-corrected chi connectivity index (χ1v) is 32.6. The van der Waals surface area contributed by atoms with Gasteiger partial charge in [0, 0.05) is 12.8 Å². The number of esters is 1. The fraction of sp³-hybridized carbons (Fsp3) is 0.824. The Kier molecular flexibility index (Phi) is 61.0. The van der Waals surface area contributed by atoms with Gasteiger partial charge in [0.25, 0.3) is 0 Å². The van der Waals surface area contributed by atoms with Crippen molar-refractivity contribution in [3.63, 3.8) is 0 Å². The van der Waals surface area contributed by atoms with Crippen molar-refractivity contribution < 1.29 is 24.5 Å². The van der Waals surface area contributed by atoms with E-state index in [1.165, 1.54) is 250 Å². The van der Waals surface area contributed by atoms with Gasteiger partial charge < -0.3 is 20.3 Å². The van der Waals surface area contributed by atoms with Crippen LogP contribution in [-0.2, 0) is 14.3 Å². The monoisotopic (exact) mass is 1040 g/mol. The lowest BCUT2D eigenvalue weighted by Gasteiger charge is -2.20. The Morgan fingerprint density at radius 1 is 0.378 bits per heavy atom. The van der Waals surface area contributed by atoms with Crippen LogP contribution in [0.3, 0.4) is 0 Å². The number of hydrogen-bond acceptors (Lipinski definition) is 5. The van der Waals surface area contributed by atoms with Crippen molar-refractivity contribution in [2.45, 2.75) is 347 Å². The average molecular weight is 1040 g/mol. The highest BCUT2D eigenvalue weighted by atomic mass is 16.5. The van der Waals surface area contributed by atoms with Crippen LogP contribution in [0.15, 0.2) is 60.8 Å². The first-order valence-electron chi connectivity index (χ1n) is 32.6. The van der Waals surface area contributed by atoms with Crippen LogP contribution in [0.5, 0.6) is 0 Å². The summed E-state index contributed by atoms with van der Waals surface area (Å²) in [5.74, 6) is -0.0667. The summed E-state index contributed by atoms with van der Waals surface area (Å²) in [6, 6.07) is -0.630. The molecule has 0 aromatic rings. The normalized spacial score (nSPS) is 13.0. The van der Waals surface area contributed by atoms with Crippen molar-refractivity contribution in [2.75, 3.05) is 13.2 Å². The molecule has 74 heavy (non-hydrogen) atoms. The van der Waals surface area contributed by atoms with E-state index in [4.69, 9.17) is 4.74 Å². The summed E-state index contributed by atoms with van der Waals surface area (Å²) in [7, 11) is 0. The molecule has 1 amide bonds. The molecule has 0 aliphatic heterocycles. The van der Waals surface area contributed by atoms with E-state index in [2.05, 4.69) is 67.8 Å². The summed E-state index contributed by atoms with van der Waals surface area (Å²) in [6.07, 6.45) is 82.8. The molecule has 0 aliphatic carbocycles. The summed E-state index contributed by atoms with van der Waals surface area (Å²) in [5.41, 5.74) is 0. The third kappa shape index (κ3) is 58.8. The Morgan fingerprint density at radius 2 is 0.676 bits per heavy atom. The number of amides is 1. The summed E-state index contributed by atoms with van der Waals surface area (Å²) in [6.45, 7) is 4.87. The Hall–Kier alpha value is -2.44. The van der Waals surface area contributed by atoms with Gasteiger partial charge in [0.15, 0.2) is 0 Å². The van der Waals surface area contributed by atoms with Gasteiger partial charge in [-0.3, -0.25) is 9.59 Å². The van der Waals surface area contributed by atoms with E-state index in [1.54, 1.807) is 6.08 Å². The maximum Gasteiger partial charge on any atom is 0.305 e. The second kappa shape index (κ2) is 63.1. The quantitative estimate of drug-likeness (QED) is 0.0320. The van der Waals surface area contributed by atoms with Gasteiger partial charge in [-0.2, -0.15) is 0 Å². The van der Waals surface area contributed by atoms with Crippen molar-refractivity contribution in [2.24, 2.45) is 0 Å². The molecular formula is C68H125NO5. The highest BCUT2D eigenvalue weighted by Crippen LogP contribution is 2.16. The molecule has 6 nitrogen and oxygen atoms in total. The van der Waals surface area contributed by atoms with Crippen molar-refractivity contribution in [3.8, 4) is 0 Å². The van der Waals surface area contributed by atoms with Gasteiger partial charge >= 0.3 is 5.97 Å². The van der Waals surface area contributed by atoms with E-state index in [0.717, 1.165) is 57.8 Å². The molecule has 0 saturated heterocycles. The second-order valence-electron chi connectivity index (χ2n) is 22.1. The number of unbranched alkanes of at least 4 members (excludes halogenated alkanes) is 41. The first-order chi connectivity index (χ1) is 36.5. The summed E-state index contributed by atoms with van der Waals surface area (Å²) < 4.78 is 5.50. The molecule has 0 saturated carbocycles. The van der Waals surface area contributed by atoms with Crippen LogP contribution in [0, 0.1) is 0 Å². The predicted molar refractivity (Wildman–Crippen MR) is 324 cm³/mol. The first kappa shape index (κ1) is 71.6. The lowest BCUT2D eigenvalue weighted by atomic mass is 10.0. The fourth-order valence-corrected chi connectivity index (χ4v) is 9.75. The minimum Gasteiger partial charge on any atom is -0.466 e. The Bertz CT molecular complexity index is 1290. The molecule has 0 aromatic heterocycles. The number of allylic oxidation sites excluding steroid dienone is 9. The molecule has 6 heteroatoms. The molecular weight excluding hydrogens is 911 g/mol. The molecule has 0 fully saturated rings. The highest BCUT2D eigenvalue weighted by Gasteiger charge is 2.18. The van der Waals surface area contributed by atoms with Crippen LogP contribution in [0.25, 0.3) is 0 Å². The van der Waals surface area contributed by atoms with Crippen LogP contribution < -0.4 is 5.32 Å². The molecule has 0 radical (unpaired) electrons. The number of rotatable bonds is 60. The van der Waals surface area contributed by atoms with E-state index < -0.39 is 12.1 Å². The minimum absolute atomic E-state index is 0.00598. The molecule has 2 atom stereocenters. The number of carbonyl (C=O) groups excluding carboxylic acids is 2. The van der Waals surface area contributed by atoms with Crippen LogP contribution in [-0.4, -0.2) is 47.4 Å². The van der Waals surface area contributed by atoms with E-state index >= 15 is 0 Å². The largest absolute Gasteiger partial charge is 0.466 e. The summed E-state index contributed by atoms with van der Waals surface area (Å²) >= 11 is 0. The molecule has 3 N–H and O–H groups in total.